The summed E-state index contributed by atoms with van der Waals surface area (Å²) in [6.45, 7) is 14.4. The van der Waals surface area contributed by atoms with Gasteiger partial charge in [0.1, 0.15) is 0 Å². The molecule has 1 atom stereocenters. The van der Waals surface area contributed by atoms with E-state index in [9.17, 15) is 0 Å². The zero-order valence-corrected chi connectivity index (χ0v) is 14.6. The molecule has 4 heteroatoms. The Hall–Kier alpha value is -0.0548. The first-order valence-electron chi connectivity index (χ1n) is 6.51. The monoisotopic (exact) mass is 338 g/mol. The van der Waals surface area contributed by atoms with Crippen molar-refractivity contribution in [2.45, 2.75) is 51.7 Å². The summed E-state index contributed by atoms with van der Waals surface area (Å²) in [6, 6.07) is 8.33. The molecule has 1 radical (unpaired) electrons. The molecule has 0 N–H and O–H groups in total. The number of hydrogen-bond acceptors (Lipinski definition) is 2. The van der Waals surface area contributed by atoms with Crippen molar-refractivity contribution in [3.63, 3.8) is 0 Å². The van der Waals surface area contributed by atoms with Gasteiger partial charge in [-0.15, -0.1) is 5.92 Å². The van der Waals surface area contributed by atoms with Crippen LogP contribution in [0.3, 0.4) is 0 Å². The van der Waals surface area contributed by atoms with Gasteiger partial charge >= 0.3 is 7.12 Å². The Morgan fingerprint density at radius 1 is 1.00 bits per heavy atom. The summed E-state index contributed by atoms with van der Waals surface area (Å²) in [4.78, 5) is 0. The van der Waals surface area contributed by atoms with E-state index in [1.165, 1.54) is 5.56 Å². The zero-order valence-electron chi connectivity index (χ0n) is 12.4. The first kappa shape index (κ1) is 17.0. The predicted octanol–water partition coefficient (Wildman–Crippen LogP) is 2.92. The molecule has 1 unspecified atom stereocenters. The van der Waals surface area contributed by atoms with Gasteiger partial charge < -0.3 is 16.2 Å². The molecule has 1 saturated heterocycles. The molecule has 1 aromatic rings. The van der Waals surface area contributed by atoms with E-state index in [4.69, 9.17) is 9.31 Å². The second kappa shape index (κ2) is 5.75. The maximum atomic E-state index is 6.01. The predicted molar refractivity (Wildman–Crippen MR) is 75.9 cm³/mol. The van der Waals surface area contributed by atoms with E-state index in [0.717, 1.165) is 5.46 Å². The average molecular weight is 338 g/mol. The first-order valence-corrected chi connectivity index (χ1v) is 6.51. The molecule has 1 fully saturated rings. The van der Waals surface area contributed by atoms with Crippen molar-refractivity contribution in [2.24, 2.45) is 0 Å². The molecule has 1 aliphatic heterocycles. The Morgan fingerprint density at radius 3 is 1.79 bits per heavy atom. The van der Waals surface area contributed by atoms with E-state index in [1.54, 1.807) is 0 Å². The molecular formula is C15H22BNbO2-. The van der Waals surface area contributed by atoms with E-state index >= 15 is 0 Å². The molecule has 2 nitrogen and oxygen atoms in total. The van der Waals surface area contributed by atoms with E-state index in [2.05, 4.69) is 65.8 Å². The topological polar surface area (TPSA) is 18.5 Å². The van der Waals surface area contributed by atoms with Crippen LogP contribution in [0, 0.1) is 6.92 Å². The summed E-state index contributed by atoms with van der Waals surface area (Å²) in [5, 5.41) is 0. The molecule has 0 aromatic heterocycles. The molecule has 0 bridgehead atoms. The van der Waals surface area contributed by atoms with E-state index in [1.807, 2.05) is 0 Å². The van der Waals surface area contributed by atoms with Crippen molar-refractivity contribution in [3.05, 3.63) is 36.8 Å². The van der Waals surface area contributed by atoms with Gasteiger partial charge in [0.15, 0.2) is 0 Å². The fourth-order valence-electron chi connectivity index (χ4n) is 1.96. The molecule has 0 saturated carbocycles. The normalized spacial score (nSPS) is 21.9. The van der Waals surface area contributed by atoms with Crippen molar-refractivity contribution in [1.29, 1.82) is 0 Å². The molecule has 1 heterocycles. The quantitative estimate of drug-likeness (QED) is 0.610. The minimum atomic E-state index is -0.282. The zero-order chi connectivity index (χ0) is 13.6. The molecule has 0 aliphatic carbocycles. The van der Waals surface area contributed by atoms with E-state index < -0.39 is 0 Å². The number of hydrogen-bond donors (Lipinski definition) is 0. The van der Waals surface area contributed by atoms with Gasteiger partial charge in [-0.25, -0.2) is 0 Å². The Labute approximate surface area is 132 Å². The third-order valence-corrected chi connectivity index (χ3v) is 4.03. The van der Waals surface area contributed by atoms with Gasteiger partial charge in [0.2, 0.25) is 0 Å². The SMILES string of the molecule is [CH2-]C(C)c1ccc(B2OC(C)(C)C(C)(C)O2)cc1.[Nb]. The van der Waals surface area contributed by atoms with Crippen LogP contribution in [0.1, 0.15) is 46.1 Å². The Balaban J connectivity index is 0.00000180. The summed E-state index contributed by atoms with van der Waals surface area (Å²) < 4.78 is 12.0. The maximum Gasteiger partial charge on any atom is 0.494 e. The third kappa shape index (κ3) is 3.34. The molecule has 0 spiro atoms. The maximum absolute atomic E-state index is 6.01. The summed E-state index contributed by atoms with van der Waals surface area (Å²) in [5.41, 5.74) is 1.74. The van der Waals surface area contributed by atoms with Crippen LogP contribution in [0.5, 0.6) is 0 Å². The molecule has 2 rings (SSSR count). The van der Waals surface area contributed by atoms with E-state index in [0.29, 0.717) is 5.92 Å². The van der Waals surface area contributed by atoms with Crippen LogP contribution in [-0.4, -0.2) is 18.3 Å². The number of benzene rings is 1. The van der Waals surface area contributed by atoms with Crippen LogP contribution in [-0.2, 0) is 31.7 Å². The fraction of sp³-hybridized carbons (Fsp3) is 0.533. The minimum absolute atomic E-state index is 0. The smallest absolute Gasteiger partial charge is 0.399 e. The summed E-state index contributed by atoms with van der Waals surface area (Å²) in [5.74, 6) is 0.303. The van der Waals surface area contributed by atoms with Crippen LogP contribution in [0.25, 0.3) is 0 Å². The Morgan fingerprint density at radius 2 is 1.42 bits per heavy atom. The minimum Gasteiger partial charge on any atom is -0.399 e. The largest absolute Gasteiger partial charge is 0.494 e. The Kier molecular flexibility index (Phi) is 5.14. The second-order valence-corrected chi connectivity index (χ2v) is 6.16. The van der Waals surface area contributed by atoms with Gasteiger partial charge in [0.05, 0.1) is 11.2 Å². The van der Waals surface area contributed by atoms with Gasteiger partial charge in [-0.05, 0) is 33.2 Å². The molecule has 1 aromatic carbocycles. The number of rotatable bonds is 2. The van der Waals surface area contributed by atoms with Crippen molar-refractivity contribution < 1.29 is 31.7 Å². The average Bonchev–Trinajstić information content (AvgIpc) is 2.48. The van der Waals surface area contributed by atoms with Crippen LogP contribution < -0.4 is 5.46 Å². The van der Waals surface area contributed by atoms with Crippen molar-refractivity contribution in [1.82, 2.24) is 0 Å². The molecule has 0 amide bonds. The fourth-order valence-corrected chi connectivity index (χ4v) is 1.96. The van der Waals surface area contributed by atoms with Gasteiger partial charge in [-0.1, -0.05) is 36.8 Å². The van der Waals surface area contributed by atoms with Crippen molar-refractivity contribution in [3.8, 4) is 0 Å². The van der Waals surface area contributed by atoms with E-state index in [-0.39, 0.29) is 40.7 Å². The second-order valence-electron chi connectivity index (χ2n) is 6.16. The van der Waals surface area contributed by atoms with Gasteiger partial charge in [0, 0.05) is 22.4 Å². The van der Waals surface area contributed by atoms with Crippen LogP contribution in [0.4, 0.5) is 0 Å². The van der Waals surface area contributed by atoms with Crippen molar-refractivity contribution in [2.75, 3.05) is 0 Å². The summed E-state index contributed by atoms with van der Waals surface area (Å²) in [7, 11) is -0.274. The van der Waals surface area contributed by atoms with Gasteiger partial charge in [0.25, 0.3) is 0 Å². The van der Waals surface area contributed by atoms with Gasteiger partial charge in [-0.2, -0.15) is 0 Å². The summed E-state index contributed by atoms with van der Waals surface area (Å²) >= 11 is 0. The standard InChI is InChI=1S/C15H22BO2.Nb/c1-11(2)12-7-9-13(10-8-12)16-17-14(3,4)15(5,6)18-16;/h7-11H,1H2,2-6H3;/q-1;. The molecular weight excluding hydrogens is 316 g/mol. The molecule has 103 valence electrons. The van der Waals surface area contributed by atoms with Gasteiger partial charge in [-0.3, -0.25) is 0 Å². The molecule has 19 heavy (non-hydrogen) atoms. The van der Waals surface area contributed by atoms with Crippen LogP contribution in [0.15, 0.2) is 24.3 Å². The van der Waals surface area contributed by atoms with Crippen LogP contribution in [0.2, 0.25) is 0 Å². The van der Waals surface area contributed by atoms with Crippen molar-refractivity contribution >= 4 is 12.6 Å². The third-order valence-electron chi connectivity index (χ3n) is 4.03. The molecule has 1 aliphatic rings. The van der Waals surface area contributed by atoms with Crippen LogP contribution >= 0.6 is 0 Å². The Bertz CT molecular complexity index is 410. The first-order chi connectivity index (χ1) is 8.23. The summed E-state index contributed by atoms with van der Waals surface area (Å²) in [6.07, 6.45) is 0.